The maximum Gasteiger partial charge on any atom is 0.00103 e. The first-order valence-corrected chi connectivity index (χ1v) is 7.57. The molecule has 0 saturated carbocycles. The average Bonchev–Trinajstić information content (AvgIpc) is 2.13. The van der Waals surface area contributed by atoms with E-state index in [1.54, 1.807) is 0 Å². The van der Waals surface area contributed by atoms with Crippen LogP contribution in [0.4, 0.5) is 0 Å². The van der Waals surface area contributed by atoms with Gasteiger partial charge in [0.05, 0.1) is 0 Å². The molecule has 0 radical (unpaired) electrons. The van der Waals surface area contributed by atoms with Crippen molar-refractivity contribution in [3.63, 3.8) is 0 Å². The minimum absolute atomic E-state index is 0.546. The van der Waals surface area contributed by atoms with Crippen LogP contribution in [-0.4, -0.2) is 12.6 Å². The number of hydrogen-bond donors (Lipinski definition) is 1. The maximum atomic E-state index is 3.48. The second-order valence-electron chi connectivity index (χ2n) is 7.04. The van der Waals surface area contributed by atoms with Crippen LogP contribution in [0.25, 0.3) is 0 Å². The van der Waals surface area contributed by atoms with E-state index in [-0.39, 0.29) is 0 Å². The number of hydrogen-bond acceptors (Lipinski definition) is 1. The molecule has 1 N–H and O–H groups in total. The Labute approximate surface area is 110 Å². The second-order valence-corrected chi connectivity index (χ2v) is 7.04. The largest absolute Gasteiger partial charge is 0.315 e. The Kier molecular flexibility index (Phi) is 8.94. The zero-order chi connectivity index (χ0) is 13.3. The molecule has 0 fully saturated rings. The Morgan fingerprint density at radius 2 is 1.47 bits per heavy atom. The number of nitrogens with one attached hydrogen (secondary N) is 1. The number of unbranched alkanes of at least 4 members (excludes halogenated alkanes) is 3. The lowest BCUT2D eigenvalue weighted by atomic mass is 9.80. The van der Waals surface area contributed by atoms with Gasteiger partial charge in [0.25, 0.3) is 0 Å². The van der Waals surface area contributed by atoms with Gasteiger partial charge in [-0.15, -0.1) is 0 Å². The van der Waals surface area contributed by atoms with Gasteiger partial charge in [-0.25, -0.2) is 0 Å². The smallest absolute Gasteiger partial charge is 0.00103 e. The van der Waals surface area contributed by atoms with E-state index >= 15 is 0 Å². The monoisotopic (exact) mass is 241 g/mol. The van der Waals surface area contributed by atoms with Crippen molar-refractivity contribution in [2.24, 2.45) is 11.3 Å². The summed E-state index contributed by atoms with van der Waals surface area (Å²) in [6, 6.07) is 0.639. The zero-order valence-electron chi connectivity index (χ0n) is 13.1. The molecule has 104 valence electrons. The third-order valence-corrected chi connectivity index (χ3v) is 3.29. The van der Waals surface area contributed by atoms with Crippen molar-refractivity contribution >= 4 is 0 Å². The van der Waals surface area contributed by atoms with Gasteiger partial charge in [-0.3, -0.25) is 0 Å². The van der Waals surface area contributed by atoms with Gasteiger partial charge in [0.15, 0.2) is 0 Å². The highest BCUT2D eigenvalue weighted by Gasteiger charge is 2.18. The Morgan fingerprint density at radius 3 is 2.00 bits per heavy atom. The molecule has 0 saturated heterocycles. The predicted octanol–water partition coefficient (Wildman–Crippen LogP) is 5.01. The zero-order valence-corrected chi connectivity index (χ0v) is 13.1. The van der Waals surface area contributed by atoms with Crippen molar-refractivity contribution in [2.75, 3.05) is 6.54 Å². The van der Waals surface area contributed by atoms with Crippen molar-refractivity contribution in [2.45, 2.75) is 86.1 Å². The van der Waals surface area contributed by atoms with Crippen LogP contribution in [0, 0.1) is 11.3 Å². The highest BCUT2D eigenvalue weighted by atomic mass is 14.9. The first-order valence-electron chi connectivity index (χ1n) is 7.57. The summed E-state index contributed by atoms with van der Waals surface area (Å²) in [6.07, 6.45) is 8.29. The van der Waals surface area contributed by atoms with Crippen molar-refractivity contribution in [3.8, 4) is 0 Å². The molecule has 0 aliphatic carbocycles. The van der Waals surface area contributed by atoms with Gasteiger partial charge >= 0.3 is 0 Å². The van der Waals surface area contributed by atoms with Gasteiger partial charge in [0, 0.05) is 6.04 Å². The first-order chi connectivity index (χ1) is 7.83. The fraction of sp³-hybridized carbons (Fsp3) is 1.00. The van der Waals surface area contributed by atoms with Crippen LogP contribution in [0.5, 0.6) is 0 Å². The average molecular weight is 241 g/mol. The van der Waals surface area contributed by atoms with Crippen molar-refractivity contribution in [1.82, 2.24) is 5.32 Å². The highest BCUT2D eigenvalue weighted by molar-refractivity contribution is 4.70. The van der Waals surface area contributed by atoms with Crippen LogP contribution >= 0.6 is 0 Å². The fourth-order valence-electron chi connectivity index (χ4n) is 2.68. The fourth-order valence-corrected chi connectivity index (χ4v) is 2.68. The SMILES string of the molecule is CC(C)CC(C)(C)CCCCCCNC(C)C. The normalized spacial score (nSPS) is 12.7. The summed E-state index contributed by atoms with van der Waals surface area (Å²) in [5.74, 6) is 0.834. The molecule has 0 amide bonds. The van der Waals surface area contributed by atoms with Crippen molar-refractivity contribution < 1.29 is 0 Å². The molecule has 0 aromatic heterocycles. The van der Waals surface area contributed by atoms with E-state index in [9.17, 15) is 0 Å². The summed E-state index contributed by atoms with van der Waals surface area (Å²) in [7, 11) is 0. The third kappa shape index (κ3) is 12.2. The summed E-state index contributed by atoms with van der Waals surface area (Å²) in [5.41, 5.74) is 0.546. The molecule has 1 heteroatoms. The molecule has 17 heavy (non-hydrogen) atoms. The molecule has 0 spiro atoms. The Morgan fingerprint density at radius 1 is 0.882 bits per heavy atom. The lowest BCUT2D eigenvalue weighted by molar-refractivity contribution is 0.256. The van der Waals surface area contributed by atoms with Crippen molar-refractivity contribution in [3.05, 3.63) is 0 Å². The molecule has 0 aromatic carbocycles. The van der Waals surface area contributed by atoms with Crippen LogP contribution in [-0.2, 0) is 0 Å². The van der Waals surface area contributed by atoms with Crippen LogP contribution in [0.3, 0.4) is 0 Å². The van der Waals surface area contributed by atoms with Gasteiger partial charge in [-0.2, -0.15) is 0 Å². The molecule has 0 aromatic rings. The van der Waals surface area contributed by atoms with E-state index in [2.05, 4.69) is 46.9 Å². The maximum absolute atomic E-state index is 3.48. The summed E-state index contributed by atoms with van der Waals surface area (Å²) in [5, 5.41) is 3.48. The minimum atomic E-state index is 0.546. The quantitative estimate of drug-likeness (QED) is 0.530. The number of rotatable bonds is 10. The molecule has 0 rings (SSSR count). The predicted molar refractivity (Wildman–Crippen MR) is 79.5 cm³/mol. The molecule has 0 unspecified atom stereocenters. The van der Waals surface area contributed by atoms with Crippen molar-refractivity contribution in [1.29, 1.82) is 0 Å². The van der Waals surface area contributed by atoms with E-state index < -0.39 is 0 Å². The van der Waals surface area contributed by atoms with E-state index in [0.717, 1.165) is 5.92 Å². The van der Waals surface area contributed by atoms with Crippen LogP contribution in [0.1, 0.15) is 80.1 Å². The van der Waals surface area contributed by atoms with E-state index in [1.165, 1.54) is 45.1 Å². The third-order valence-electron chi connectivity index (χ3n) is 3.29. The summed E-state index contributed by atoms with van der Waals surface area (Å²) >= 11 is 0. The minimum Gasteiger partial charge on any atom is -0.315 e. The Bertz CT molecular complexity index is 170. The Hall–Kier alpha value is -0.0400. The van der Waals surface area contributed by atoms with Gasteiger partial charge in [0.2, 0.25) is 0 Å². The van der Waals surface area contributed by atoms with E-state index in [4.69, 9.17) is 0 Å². The topological polar surface area (TPSA) is 12.0 Å². The lowest BCUT2D eigenvalue weighted by Crippen LogP contribution is -2.23. The van der Waals surface area contributed by atoms with Gasteiger partial charge in [-0.05, 0) is 37.1 Å². The summed E-state index contributed by atoms with van der Waals surface area (Å²) in [4.78, 5) is 0. The van der Waals surface area contributed by atoms with Crippen LogP contribution < -0.4 is 5.32 Å². The molecule has 0 aliphatic heterocycles. The molecule has 0 aliphatic rings. The standard InChI is InChI=1S/C16H35N/c1-14(2)13-16(5,6)11-9-7-8-10-12-17-15(3)4/h14-15,17H,7-13H2,1-6H3. The summed E-state index contributed by atoms with van der Waals surface area (Å²) in [6.45, 7) is 15.1. The van der Waals surface area contributed by atoms with E-state index in [0.29, 0.717) is 11.5 Å². The second kappa shape index (κ2) is 8.97. The molecule has 1 nitrogen and oxygen atoms in total. The van der Waals surface area contributed by atoms with Gasteiger partial charge in [-0.1, -0.05) is 60.8 Å². The summed E-state index contributed by atoms with van der Waals surface area (Å²) < 4.78 is 0. The van der Waals surface area contributed by atoms with Gasteiger partial charge in [0.1, 0.15) is 0 Å². The Balaban J connectivity index is 3.38. The molecular weight excluding hydrogens is 206 g/mol. The molecular formula is C16H35N. The molecule has 0 bridgehead atoms. The lowest BCUT2D eigenvalue weighted by Gasteiger charge is -2.26. The van der Waals surface area contributed by atoms with Gasteiger partial charge < -0.3 is 5.32 Å². The van der Waals surface area contributed by atoms with E-state index in [1.807, 2.05) is 0 Å². The molecule has 0 atom stereocenters. The highest BCUT2D eigenvalue weighted by Crippen LogP contribution is 2.31. The first kappa shape index (κ1) is 17.0. The van der Waals surface area contributed by atoms with Crippen LogP contribution in [0.2, 0.25) is 0 Å². The van der Waals surface area contributed by atoms with Crippen LogP contribution in [0.15, 0.2) is 0 Å². The molecule has 0 heterocycles.